The molecule has 0 spiro atoms. The summed E-state index contributed by atoms with van der Waals surface area (Å²) >= 11 is 0. The summed E-state index contributed by atoms with van der Waals surface area (Å²) in [4.78, 5) is 43.6. The Morgan fingerprint density at radius 1 is 1.27 bits per heavy atom. The number of nitrogen functional groups attached to an aromatic ring is 1. The van der Waals surface area contributed by atoms with Crippen molar-refractivity contribution in [2.45, 2.75) is 38.3 Å². The van der Waals surface area contributed by atoms with Crippen LogP contribution in [0.5, 0.6) is 0 Å². The number of urea groups is 1. The first-order valence-electron chi connectivity index (χ1n) is 10.8. The van der Waals surface area contributed by atoms with Crippen molar-refractivity contribution in [2.75, 3.05) is 18.5 Å². The fourth-order valence-electron chi connectivity index (χ4n) is 3.70. The Bertz CT molecular complexity index is 996. The first kappa shape index (κ1) is 23.7. The van der Waals surface area contributed by atoms with Crippen molar-refractivity contribution in [3.8, 4) is 0 Å². The number of esters is 1. The van der Waals surface area contributed by atoms with Crippen LogP contribution in [0.1, 0.15) is 43.4 Å². The number of ether oxygens (including phenoxy) is 1. The average Bonchev–Trinajstić information content (AvgIpc) is 3.30. The quantitative estimate of drug-likeness (QED) is 0.274. The fourth-order valence-corrected chi connectivity index (χ4v) is 3.70. The molecule has 33 heavy (non-hydrogen) atoms. The summed E-state index contributed by atoms with van der Waals surface area (Å²) in [6, 6.07) is 8.41. The molecule has 0 radical (unpaired) electrons. The van der Waals surface area contributed by atoms with E-state index in [0.29, 0.717) is 36.2 Å². The minimum atomic E-state index is -0.664. The Kier molecular flexibility index (Phi) is 7.96. The van der Waals surface area contributed by atoms with E-state index in [9.17, 15) is 14.4 Å². The topological polar surface area (TPSA) is 150 Å². The second-order valence-corrected chi connectivity index (χ2v) is 7.63. The molecular weight excluding hydrogens is 424 g/mol. The maximum atomic E-state index is 13.1. The van der Waals surface area contributed by atoms with E-state index >= 15 is 0 Å². The van der Waals surface area contributed by atoms with Gasteiger partial charge < -0.3 is 26.0 Å². The van der Waals surface area contributed by atoms with Crippen molar-refractivity contribution in [1.82, 2.24) is 15.2 Å². The molecule has 3 amide bonds. The van der Waals surface area contributed by atoms with Crippen molar-refractivity contribution in [3.63, 3.8) is 0 Å². The highest BCUT2D eigenvalue weighted by Gasteiger charge is 2.35. The maximum absolute atomic E-state index is 13.1. The number of aromatic nitrogens is 1. The van der Waals surface area contributed by atoms with E-state index in [0.717, 1.165) is 0 Å². The SMILES string of the molecule is CCOC(=O)CC(NC(=O)C1CCCN1C(=O)Nc1ccc(C(=N)N)cc1)c1cccnc1. The van der Waals surface area contributed by atoms with Crippen LogP contribution in [0.15, 0.2) is 48.8 Å². The van der Waals surface area contributed by atoms with Gasteiger partial charge in [-0.1, -0.05) is 6.07 Å². The van der Waals surface area contributed by atoms with E-state index in [4.69, 9.17) is 15.9 Å². The van der Waals surface area contributed by atoms with E-state index in [2.05, 4.69) is 15.6 Å². The number of amides is 3. The second-order valence-electron chi connectivity index (χ2n) is 7.63. The molecular formula is C23H28N6O4. The molecule has 1 aromatic heterocycles. The molecule has 1 aromatic carbocycles. The molecule has 2 aromatic rings. The summed E-state index contributed by atoms with van der Waals surface area (Å²) in [7, 11) is 0. The van der Waals surface area contributed by atoms with Gasteiger partial charge >= 0.3 is 12.0 Å². The Morgan fingerprint density at radius 3 is 2.67 bits per heavy atom. The molecule has 1 saturated heterocycles. The van der Waals surface area contributed by atoms with Crippen molar-refractivity contribution in [1.29, 1.82) is 5.41 Å². The number of carbonyl (C=O) groups is 3. The summed E-state index contributed by atoms with van der Waals surface area (Å²) in [5.74, 6) is -0.829. The van der Waals surface area contributed by atoms with Crippen LogP contribution in [0.2, 0.25) is 0 Å². The predicted molar refractivity (Wildman–Crippen MR) is 123 cm³/mol. The third-order valence-electron chi connectivity index (χ3n) is 5.34. The van der Waals surface area contributed by atoms with Gasteiger partial charge in [0.2, 0.25) is 5.91 Å². The number of nitrogens with two attached hydrogens (primary N) is 1. The van der Waals surface area contributed by atoms with Gasteiger partial charge in [0.1, 0.15) is 11.9 Å². The van der Waals surface area contributed by atoms with Crippen LogP contribution in [-0.2, 0) is 14.3 Å². The molecule has 3 rings (SSSR count). The van der Waals surface area contributed by atoms with Gasteiger partial charge in [-0.05, 0) is 55.7 Å². The normalized spacial score (nSPS) is 16.0. The molecule has 2 heterocycles. The smallest absolute Gasteiger partial charge is 0.322 e. The fraction of sp³-hybridized carbons (Fsp3) is 0.348. The van der Waals surface area contributed by atoms with Gasteiger partial charge in [-0.2, -0.15) is 0 Å². The van der Waals surface area contributed by atoms with E-state index in [1.54, 1.807) is 55.7 Å². The summed E-state index contributed by atoms with van der Waals surface area (Å²) < 4.78 is 5.04. The monoisotopic (exact) mass is 452 g/mol. The predicted octanol–water partition coefficient (Wildman–Crippen LogP) is 2.17. The lowest BCUT2D eigenvalue weighted by atomic mass is 10.0. The molecule has 1 aliphatic rings. The number of benzene rings is 1. The first-order chi connectivity index (χ1) is 15.9. The zero-order valence-corrected chi connectivity index (χ0v) is 18.4. The Hall–Kier alpha value is -3.95. The lowest BCUT2D eigenvalue weighted by Crippen LogP contribution is -2.48. The standard InChI is InChI=1S/C23H28N6O4/c1-2-33-20(30)13-18(16-5-3-11-26-14-16)28-22(31)19-6-4-12-29(19)23(32)27-17-9-7-15(8-10-17)21(24)25/h3,5,7-11,14,18-19H,2,4,6,12-13H2,1H3,(H3,24,25)(H,27,32)(H,28,31). The van der Waals surface area contributed by atoms with Crippen LogP contribution in [0.25, 0.3) is 0 Å². The van der Waals surface area contributed by atoms with E-state index < -0.39 is 24.1 Å². The molecule has 0 saturated carbocycles. The van der Waals surface area contributed by atoms with Gasteiger partial charge in [-0.3, -0.25) is 20.0 Å². The van der Waals surface area contributed by atoms with Crippen LogP contribution in [0.3, 0.4) is 0 Å². The highest BCUT2D eigenvalue weighted by Crippen LogP contribution is 2.22. The van der Waals surface area contributed by atoms with Crippen molar-refractivity contribution < 1.29 is 19.1 Å². The van der Waals surface area contributed by atoms with Crippen molar-refractivity contribution in [3.05, 3.63) is 59.9 Å². The largest absolute Gasteiger partial charge is 0.466 e. The number of nitrogens with zero attached hydrogens (tertiary/aromatic N) is 2. The van der Waals surface area contributed by atoms with Crippen molar-refractivity contribution in [2.24, 2.45) is 5.73 Å². The molecule has 10 nitrogen and oxygen atoms in total. The van der Waals surface area contributed by atoms with Crippen LogP contribution >= 0.6 is 0 Å². The molecule has 0 bridgehead atoms. The second kappa shape index (κ2) is 11.1. The summed E-state index contributed by atoms with van der Waals surface area (Å²) in [6.45, 7) is 2.40. The molecule has 0 aliphatic carbocycles. The Labute approximate surface area is 192 Å². The molecule has 174 valence electrons. The number of pyridine rings is 1. The van der Waals surface area contributed by atoms with Crippen LogP contribution in [0, 0.1) is 5.41 Å². The van der Waals surface area contributed by atoms with E-state index in [1.807, 2.05) is 0 Å². The van der Waals surface area contributed by atoms with Crippen LogP contribution < -0.4 is 16.4 Å². The van der Waals surface area contributed by atoms with Gasteiger partial charge in [0.25, 0.3) is 0 Å². The summed E-state index contributed by atoms with van der Waals surface area (Å²) in [6.07, 6.45) is 4.37. The first-order valence-corrected chi connectivity index (χ1v) is 10.8. The minimum Gasteiger partial charge on any atom is -0.466 e. The summed E-state index contributed by atoms with van der Waals surface area (Å²) in [5.41, 5.74) is 7.22. The molecule has 5 N–H and O–H groups in total. The van der Waals surface area contributed by atoms with Gasteiger partial charge in [0.15, 0.2) is 0 Å². The molecule has 2 atom stereocenters. The van der Waals surface area contributed by atoms with E-state index in [1.165, 1.54) is 4.90 Å². The number of carbonyl (C=O) groups excluding carboxylic acids is 3. The minimum absolute atomic E-state index is 0.0350. The lowest BCUT2D eigenvalue weighted by Gasteiger charge is -2.26. The average molecular weight is 453 g/mol. The summed E-state index contributed by atoms with van der Waals surface area (Å²) in [5, 5.41) is 13.1. The molecule has 1 aliphatic heterocycles. The zero-order chi connectivity index (χ0) is 23.8. The number of nitrogens with one attached hydrogen (secondary N) is 3. The third kappa shape index (κ3) is 6.28. The highest BCUT2D eigenvalue weighted by molar-refractivity contribution is 5.97. The van der Waals surface area contributed by atoms with Crippen molar-refractivity contribution >= 4 is 29.4 Å². The zero-order valence-electron chi connectivity index (χ0n) is 18.4. The number of anilines is 1. The van der Waals surface area contributed by atoms with Gasteiger partial charge in [-0.15, -0.1) is 0 Å². The van der Waals surface area contributed by atoms with Gasteiger partial charge in [-0.25, -0.2) is 4.79 Å². The van der Waals surface area contributed by atoms with E-state index in [-0.39, 0.29) is 24.8 Å². The third-order valence-corrected chi connectivity index (χ3v) is 5.34. The number of likely N-dealkylation sites (tertiary alicyclic amines) is 1. The molecule has 10 heteroatoms. The maximum Gasteiger partial charge on any atom is 0.322 e. The Morgan fingerprint density at radius 2 is 2.03 bits per heavy atom. The number of amidine groups is 1. The number of hydrogen-bond acceptors (Lipinski definition) is 6. The number of rotatable bonds is 8. The van der Waals surface area contributed by atoms with Gasteiger partial charge in [0, 0.05) is 30.2 Å². The lowest BCUT2D eigenvalue weighted by molar-refractivity contribution is -0.144. The highest BCUT2D eigenvalue weighted by atomic mass is 16.5. The van der Waals surface area contributed by atoms with Gasteiger partial charge in [0.05, 0.1) is 19.1 Å². The number of hydrogen-bond donors (Lipinski definition) is 4. The van der Waals surface area contributed by atoms with Crippen LogP contribution in [-0.4, -0.2) is 52.8 Å². The molecule has 1 fully saturated rings. The Balaban J connectivity index is 1.68. The van der Waals surface area contributed by atoms with Crippen LogP contribution in [0.4, 0.5) is 10.5 Å². The molecule has 2 unspecified atom stereocenters.